The van der Waals surface area contributed by atoms with Gasteiger partial charge in [-0.15, -0.1) is 0 Å². The zero-order valence-corrected chi connectivity index (χ0v) is 4.36. The Morgan fingerprint density at radius 3 is 2.67 bits per heavy atom. The average molecular weight is 132 g/mol. The Labute approximate surface area is 50.2 Å². The highest BCUT2D eigenvalue weighted by atomic mass is 16.8. The van der Waals surface area contributed by atoms with E-state index in [1.54, 1.807) is 0 Å². The molecule has 0 aromatic heterocycles. The molecule has 50 valence electrons. The van der Waals surface area contributed by atoms with Gasteiger partial charge in [0.1, 0.15) is 6.61 Å². The molecule has 0 amide bonds. The van der Waals surface area contributed by atoms with E-state index < -0.39 is 18.2 Å². The molecule has 1 aliphatic rings. The number of cyclic esters (lactones) is 2. The lowest BCUT2D eigenvalue weighted by Crippen LogP contribution is -2.21. The number of carboxylic acids is 1. The maximum absolute atomic E-state index is 10.1. The van der Waals surface area contributed by atoms with Crippen LogP contribution in [0.5, 0.6) is 0 Å². The average Bonchev–Trinajstić information content (AvgIpc) is 2.14. The fourth-order valence-electron chi connectivity index (χ4n) is 0.450. The summed E-state index contributed by atoms with van der Waals surface area (Å²) < 4.78 is 8.35. The summed E-state index contributed by atoms with van der Waals surface area (Å²) in [5.74, 6) is -1.18. The first-order chi connectivity index (χ1) is 4.20. The van der Waals surface area contributed by atoms with Crippen LogP contribution in [0.3, 0.4) is 0 Å². The quantitative estimate of drug-likeness (QED) is 0.491. The summed E-state index contributed by atoms with van der Waals surface area (Å²) >= 11 is 0. The van der Waals surface area contributed by atoms with Crippen molar-refractivity contribution in [2.75, 3.05) is 6.61 Å². The van der Waals surface area contributed by atoms with Crippen molar-refractivity contribution in [1.29, 1.82) is 0 Å². The lowest BCUT2D eigenvalue weighted by Gasteiger charge is -1.94. The van der Waals surface area contributed by atoms with E-state index in [-0.39, 0.29) is 6.61 Å². The number of rotatable bonds is 1. The molecular formula is C4H4O5. The van der Waals surface area contributed by atoms with Gasteiger partial charge in [-0.1, -0.05) is 0 Å². The third kappa shape index (κ3) is 1.10. The van der Waals surface area contributed by atoms with Crippen LogP contribution in [0, 0.1) is 0 Å². The van der Waals surface area contributed by atoms with E-state index in [0.29, 0.717) is 0 Å². The highest BCUT2D eigenvalue weighted by molar-refractivity contribution is 5.77. The molecule has 1 aliphatic heterocycles. The van der Waals surface area contributed by atoms with E-state index in [9.17, 15) is 9.59 Å². The minimum absolute atomic E-state index is 0.186. The van der Waals surface area contributed by atoms with Gasteiger partial charge >= 0.3 is 12.1 Å². The summed E-state index contributed by atoms with van der Waals surface area (Å²) in [5, 5.41) is 8.17. The molecule has 0 bridgehead atoms. The predicted octanol–water partition coefficient (Wildman–Crippen LogP) is -0.394. The van der Waals surface area contributed by atoms with Crippen LogP contribution in [0.1, 0.15) is 0 Å². The van der Waals surface area contributed by atoms with Crippen LogP contribution >= 0.6 is 0 Å². The topological polar surface area (TPSA) is 72.8 Å². The molecule has 0 aromatic carbocycles. The van der Waals surface area contributed by atoms with Crippen molar-refractivity contribution >= 4 is 12.1 Å². The van der Waals surface area contributed by atoms with Crippen LogP contribution < -0.4 is 0 Å². The smallest absolute Gasteiger partial charge is 0.478 e. The fraction of sp³-hybridized carbons (Fsp3) is 0.500. The molecule has 1 N–H and O–H groups in total. The molecule has 0 aliphatic carbocycles. The molecular weight excluding hydrogens is 128 g/mol. The van der Waals surface area contributed by atoms with Crippen LogP contribution in [0.2, 0.25) is 0 Å². The molecule has 1 saturated heterocycles. The number of aliphatic carboxylic acids is 1. The first-order valence-electron chi connectivity index (χ1n) is 2.26. The second-order valence-corrected chi connectivity index (χ2v) is 1.51. The fourth-order valence-corrected chi connectivity index (χ4v) is 0.450. The largest absolute Gasteiger partial charge is 0.509 e. The molecule has 9 heavy (non-hydrogen) atoms. The van der Waals surface area contributed by atoms with Crippen molar-refractivity contribution in [2.45, 2.75) is 6.10 Å². The van der Waals surface area contributed by atoms with Crippen molar-refractivity contribution in [2.24, 2.45) is 0 Å². The molecule has 1 heterocycles. The highest BCUT2D eigenvalue weighted by Crippen LogP contribution is 2.04. The minimum Gasteiger partial charge on any atom is -0.478 e. The normalized spacial score (nSPS) is 24.9. The van der Waals surface area contributed by atoms with Gasteiger partial charge in [0.2, 0.25) is 6.10 Å². The van der Waals surface area contributed by atoms with Gasteiger partial charge in [0, 0.05) is 0 Å². The molecule has 0 saturated carbocycles. The third-order valence-electron chi connectivity index (χ3n) is 0.866. The summed E-state index contributed by atoms with van der Waals surface area (Å²) in [7, 11) is 0. The van der Waals surface area contributed by atoms with Gasteiger partial charge in [-0.2, -0.15) is 0 Å². The van der Waals surface area contributed by atoms with Gasteiger partial charge in [-0.25, -0.2) is 9.59 Å². The van der Waals surface area contributed by atoms with Crippen molar-refractivity contribution in [3.05, 3.63) is 0 Å². The van der Waals surface area contributed by atoms with Crippen molar-refractivity contribution in [3.8, 4) is 0 Å². The van der Waals surface area contributed by atoms with Gasteiger partial charge in [0.25, 0.3) is 0 Å². The molecule has 1 unspecified atom stereocenters. The molecule has 0 radical (unpaired) electrons. The van der Waals surface area contributed by atoms with E-state index in [4.69, 9.17) is 5.11 Å². The second-order valence-electron chi connectivity index (χ2n) is 1.51. The van der Waals surface area contributed by atoms with Gasteiger partial charge in [0.05, 0.1) is 0 Å². The van der Waals surface area contributed by atoms with Crippen LogP contribution in [-0.4, -0.2) is 29.9 Å². The molecule has 0 spiro atoms. The van der Waals surface area contributed by atoms with Crippen LogP contribution in [0.4, 0.5) is 4.79 Å². The SMILES string of the molecule is O=C1OCC(C(=O)O)O1. The van der Waals surface area contributed by atoms with Crippen LogP contribution in [0.15, 0.2) is 0 Å². The van der Waals surface area contributed by atoms with E-state index in [0.717, 1.165) is 0 Å². The predicted molar refractivity (Wildman–Crippen MR) is 23.9 cm³/mol. The number of carbonyl (C=O) groups is 2. The number of ether oxygens (including phenoxy) is 2. The van der Waals surface area contributed by atoms with E-state index in [1.165, 1.54) is 0 Å². The molecule has 5 heteroatoms. The van der Waals surface area contributed by atoms with Gasteiger partial charge in [-0.3, -0.25) is 0 Å². The van der Waals surface area contributed by atoms with Crippen molar-refractivity contribution in [1.82, 2.24) is 0 Å². The lowest BCUT2D eigenvalue weighted by molar-refractivity contribution is -0.144. The summed E-state index contributed by atoms with van der Waals surface area (Å²) in [6.07, 6.45) is -2.03. The van der Waals surface area contributed by atoms with E-state index in [1.807, 2.05) is 0 Å². The van der Waals surface area contributed by atoms with Gasteiger partial charge in [-0.05, 0) is 0 Å². The Kier molecular flexibility index (Phi) is 1.26. The third-order valence-corrected chi connectivity index (χ3v) is 0.866. The van der Waals surface area contributed by atoms with E-state index >= 15 is 0 Å². The lowest BCUT2D eigenvalue weighted by atomic mass is 10.4. The molecule has 0 aromatic rings. The van der Waals surface area contributed by atoms with Gasteiger partial charge < -0.3 is 14.6 Å². The molecule has 1 rings (SSSR count). The molecule has 1 atom stereocenters. The monoisotopic (exact) mass is 132 g/mol. The minimum atomic E-state index is -1.18. The van der Waals surface area contributed by atoms with Crippen molar-refractivity contribution in [3.63, 3.8) is 0 Å². The number of hydrogen-bond donors (Lipinski definition) is 1. The Hall–Kier alpha value is -1.26. The Morgan fingerprint density at radius 2 is 2.44 bits per heavy atom. The Balaban J connectivity index is 2.48. The number of carboxylic acid groups (broad SMARTS) is 1. The number of hydrogen-bond acceptors (Lipinski definition) is 4. The Morgan fingerprint density at radius 1 is 1.78 bits per heavy atom. The maximum Gasteiger partial charge on any atom is 0.509 e. The second kappa shape index (κ2) is 1.93. The molecule has 5 nitrogen and oxygen atoms in total. The highest BCUT2D eigenvalue weighted by Gasteiger charge is 2.30. The summed E-state index contributed by atoms with van der Waals surface area (Å²) in [4.78, 5) is 20.0. The first-order valence-corrected chi connectivity index (χ1v) is 2.26. The summed E-state index contributed by atoms with van der Waals surface area (Å²) in [6.45, 7) is -0.186. The summed E-state index contributed by atoms with van der Waals surface area (Å²) in [5.41, 5.74) is 0. The molecule has 1 fully saturated rings. The first kappa shape index (κ1) is 5.87. The zero-order valence-electron chi connectivity index (χ0n) is 4.36. The standard InChI is InChI=1S/C4H4O5/c5-3(6)2-1-8-4(7)9-2/h2H,1H2,(H,5,6). The van der Waals surface area contributed by atoms with E-state index in [2.05, 4.69) is 9.47 Å². The Bertz CT molecular complexity index is 151. The number of carbonyl (C=O) groups excluding carboxylic acids is 1. The van der Waals surface area contributed by atoms with Crippen LogP contribution in [0.25, 0.3) is 0 Å². The maximum atomic E-state index is 10.1. The van der Waals surface area contributed by atoms with Gasteiger partial charge in [0.15, 0.2) is 0 Å². The van der Waals surface area contributed by atoms with Crippen molar-refractivity contribution < 1.29 is 24.2 Å². The summed E-state index contributed by atoms with van der Waals surface area (Å²) in [6, 6.07) is 0. The zero-order chi connectivity index (χ0) is 6.85. The van der Waals surface area contributed by atoms with Crippen LogP contribution in [-0.2, 0) is 14.3 Å².